The van der Waals surface area contributed by atoms with Crippen LogP contribution in [0.25, 0.3) is 5.69 Å². The van der Waals surface area contributed by atoms with E-state index in [2.05, 4.69) is 11.4 Å². The second kappa shape index (κ2) is 8.14. The largest absolute Gasteiger partial charge is 0.468 e. The molecule has 27 heavy (non-hydrogen) atoms. The molecular formula is C20H18FN3O2S. The van der Waals surface area contributed by atoms with E-state index in [4.69, 9.17) is 4.42 Å². The van der Waals surface area contributed by atoms with Crippen molar-refractivity contribution in [3.63, 3.8) is 0 Å². The van der Waals surface area contributed by atoms with E-state index in [-0.39, 0.29) is 17.5 Å². The highest BCUT2D eigenvalue weighted by Crippen LogP contribution is 2.30. The summed E-state index contributed by atoms with van der Waals surface area (Å²) < 4.78 is 20.3. The minimum Gasteiger partial charge on any atom is -0.468 e. The highest BCUT2D eigenvalue weighted by atomic mass is 32.2. The number of carbonyl (C=O) groups excluding carboxylic acids is 1. The molecule has 0 bridgehead atoms. The first kappa shape index (κ1) is 18.8. The minimum atomic E-state index is -0.347. The summed E-state index contributed by atoms with van der Waals surface area (Å²) in [5.41, 5.74) is 2.68. The van der Waals surface area contributed by atoms with E-state index in [1.165, 1.54) is 23.9 Å². The molecule has 1 N–H and O–H groups in total. The lowest BCUT2D eigenvalue weighted by Crippen LogP contribution is -2.17. The van der Waals surface area contributed by atoms with Gasteiger partial charge in [-0.15, -0.1) is 11.8 Å². The van der Waals surface area contributed by atoms with Crippen molar-refractivity contribution in [2.75, 3.05) is 11.1 Å². The van der Waals surface area contributed by atoms with Gasteiger partial charge < -0.3 is 9.73 Å². The fourth-order valence-electron chi connectivity index (χ4n) is 2.78. The first-order valence-electron chi connectivity index (χ1n) is 8.29. The van der Waals surface area contributed by atoms with Crippen molar-refractivity contribution >= 4 is 23.5 Å². The quantitative estimate of drug-likeness (QED) is 0.677. The Morgan fingerprint density at radius 3 is 2.67 bits per heavy atom. The number of anilines is 1. The van der Waals surface area contributed by atoms with Crippen LogP contribution < -0.4 is 5.32 Å². The summed E-state index contributed by atoms with van der Waals surface area (Å²) in [6, 6.07) is 11.7. The number of hydrogen-bond donors (Lipinski definition) is 1. The molecule has 2 aromatic heterocycles. The molecule has 1 amide bonds. The van der Waals surface area contributed by atoms with Gasteiger partial charge in [-0.1, -0.05) is 0 Å². The van der Waals surface area contributed by atoms with Crippen molar-refractivity contribution in [2.24, 2.45) is 0 Å². The molecule has 7 heteroatoms. The van der Waals surface area contributed by atoms with Crippen LogP contribution in [0.2, 0.25) is 0 Å². The predicted molar refractivity (Wildman–Crippen MR) is 103 cm³/mol. The van der Waals surface area contributed by atoms with Crippen LogP contribution in [0.3, 0.4) is 0 Å². The Labute approximate surface area is 160 Å². The summed E-state index contributed by atoms with van der Waals surface area (Å²) in [5.74, 6) is 1.44. The van der Waals surface area contributed by atoms with Crippen LogP contribution in [0.15, 0.2) is 47.1 Å². The normalized spacial score (nSPS) is 10.6. The van der Waals surface area contributed by atoms with Gasteiger partial charge in [0.25, 0.3) is 0 Å². The number of halogens is 1. The van der Waals surface area contributed by atoms with Crippen molar-refractivity contribution < 1.29 is 13.6 Å². The molecule has 3 rings (SSSR count). The summed E-state index contributed by atoms with van der Waals surface area (Å²) >= 11 is 1.42. The van der Waals surface area contributed by atoms with Gasteiger partial charge in [-0.25, -0.2) is 4.39 Å². The van der Waals surface area contributed by atoms with Crippen LogP contribution >= 0.6 is 11.8 Å². The highest BCUT2D eigenvalue weighted by Gasteiger charge is 2.20. The molecule has 3 aromatic rings. The molecule has 0 aliphatic carbocycles. The lowest BCUT2D eigenvalue weighted by Gasteiger charge is -2.13. The molecular weight excluding hydrogens is 365 g/mol. The van der Waals surface area contributed by atoms with Crippen molar-refractivity contribution in [1.82, 2.24) is 4.57 Å². The van der Waals surface area contributed by atoms with Gasteiger partial charge in [0, 0.05) is 11.4 Å². The number of nitrogens with zero attached hydrogens (tertiary/aromatic N) is 2. The van der Waals surface area contributed by atoms with E-state index in [9.17, 15) is 14.4 Å². The van der Waals surface area contributed by atoms with Crippen LogP contribution in [0, 0.1) is 31.0 Å². The van der Waals surface area contributed by atoms with Gasteiger partial charge >= 0.3 is 0 Å². The molecule has 2 heterocycles. The van der Waals surface area contributed by atoms with Crippen LogP contribution in [0.5, 0.6) is 0 Å². The molecule has 0 aliphatic heterocycles. The molecule has 0 spiro atoms. The van der Waals surface area contributed by atoms with Crippen molar-refractivity contribution in [2.45, 2.75) is 19.6 Å². The monoisotopic (exact) mass is 383 g/mol. The molecule has 0 saturated carbocycles. The van der Waals surface area contributed by atoms with E-state index in [1.54, 1.807) is 29.0 Å². The van der Waals surface area contributed by atoms with E-state index >= 15 is 0 Å². The third kappa shape index (κ3) is 4.07. The zero-order valence-corrected chi connectivity index (χ0v) is 15.8. The zero-order chi connectivity index (χ0) is 19.4. The van der Waals surface area contributed by atoms with Crippen molar-refractivity contribution in [3.05, 3.63) is 71.1 Å². The lowest BCUT2D eigenvalue weighted by molar-refractivity contribution is -0.113. The molecule has 138 valence electrons. The SMILES string of the molecule is Cc1c(C#N)c(NC(=O)CSCc2ccco2)n(-c2ccc(F)cc2)c1C. The maximum atomic E-state index is 13.3. The first-order chi connectivity index (χ1) is 13.0. The van der Waals surface area contributed by atoms with E-state index in [1.807, 2.05) is 19.9 Å². The Morgan fingerprint density at radius 2 is 2.04 bits per heavy atom. The summed E-state index contributed by atoms with van der Waals surface area (Å²) in [6.45, 7) is 3.69. The fourth-order valence-corrected chi connectivity index (χ4v) is 3.51. The van der Waals surface area contributed by atoms with Crippen LogP contribution in [0.1, 0.15) is 22.6 Å². The number of nitriles is 1. The maximum absolute atomic E-state index is 13.3. The van der Waals surface area contributed by atoms with Crippen LogP contribution in [-0.4, -0.2) is 16.2 Å². The number of rotatable bonds is 6. The van der Waals surface area contributed by atoms with E-state index < -0.39 is 0 Å². The second-order valence-electron chi connectivity index (χ2n) is 5.98. The predicted octanol–water partition coefficient (Wildman–Crippen LogP) is 4.57. The number of thioether (sulfide) groups is 1. The van der Waals surface area contributed by atoms with Crippen molar-refractivity contribution in [3.8, 4) is 11.8 Å². The summed E-state index contributed by atoms with van der Waals surface area (Å²) in [7, 11) is 0. The number of nitrogens with one attached hydrogen (secondary N) is 1. The minimum absolute atomic E-state index is 0.219. The number of aromatic nitrogens is 1. The summed E-state index contributed by atoms with van der Waals surface area (Å²) in [4.78, 5) is 12.4. The zero-order valence-electron chi connectivity index (χ0n) is 15.0. The standard InChI is InChI=1S/C20H18FN3O2S/c1-13-14(2)24(16-7-5-15(21)6-8-16)20(18(13)10-22)23-19(25)12-27-11-17-4-3-9-26-17/h3-9H,11-12H2,1-2H3,(H,23,25). The Hall–Kier alpha value is -2.98. The molecule has 0 fully saturated rings. The third-order valence-corrected chi connectivity index (χ3v) is 5.18. The Morgan fingerprint density at radius 1 is 1.30 bits per heavy atom. The van der Waals surface area contributed by atoms with Gasteiger partial charge in [0.1, 0.15) is 23.5 Å². The summed E-state index contributed by atoms with van der Waals surface area (Å²) in [5, 5.41) is 12.4. The number of hydrogen-bond acceptors (Lipinski definition) is 4. The number of carbonyl (C=O) groups is 1. The second-order valence-corrected chi connectivity index (χ2v) is 6.96. The first-order valence-corrected chi connectivity index (χ1v) is 9.44. The molecule has 5 nitrogen and oxygen atoms in total. The van der Waals surface area contributed by atoms with Crippen molar-refractivity contribution in [1.29, 1.82) is 5.26 Å². The highest BCUT2D eigenvalue weighted by molar-refractivity contribution is 7.99. The average Bonchev–Trinajstić information content (AvgIpc) is 3.24. The van der Waals surface area contributed by atoms with Crippen LogP contribution in [0.4, 0.5) is 10.2 Å². The molecule has 0 unspecified atom stereocenters. The lowest BCUT2D eigenvalue weighted by atomic mass is 10.2. The Balaban J connectivity index is 1.83. The van der Waals surface area contributed by atoms with Gasteiger partial charge in [-0.05, 0) is 55.8 Å². The third-order valence-electron chi connectivity index (χ3n) is 4.23. The van der Waals surface area contributed by atoms with Gasteiger partial charge in [0.05, 0.1) is 23.3 Å². The molecule has 1 aromatic carbocycles. The Bertz CT molecular complexity index is 986. The Kier molecular flexibility index (Phi) is 5.67. The van der Waals surface area contributed by atoms with Gasteiger partial charge in [0.2, 0.25) is 5.91 Å². The number of benzene rings is 1. The van der Waals surface area contributed by atoms with Gasteiger partial charge in [-0.2, -0.15) is 5.26 Å². The smallest absolute Gasteiger partial charge is 0.235 e. The number of furan rings is 1. The topological polar surface area (TPSA) is 71.0 Å². The van der Waals surface area contributed by atoms with Gasteiger partial charge in [-0.3, -0.25) is 9.36 Å². The molecule has 0 saturated heterocycles. The maximum Gasteiger partial charge on any atom is 0.235 e. The average molecular weight is 383 g/mol. The molecule has 0 aliphatic rings. The van der Waals surface area contributed by atoms with E-state index in [0.717, 1.165) is 17.0 Å². The van der Waals surface area contributed by atoms with Crippen LogP contribution in [-0.2, 0) is 10.5 Å². The van der Waals surface area contributed by atoms with Gasteiger partial charge in [0.15, 0.2) is 0 Å². The number of amides is 1. The fraction of sp³-hybridized carbons (Fsp3) is 0.200. The molecule has 0 radical (unpaired) electrons. The summed E-state index contributed by atoms with van der Waals surface area (Å²) in [6.07, 6.45) is 1.59. The van der Waals surface area contributed by atoms with E-state index in [0.29, 0.717) is 22.8 Å². The molecule has 0 atom stereocenters.